The quantitative estimate of drug-likeness (QED) is 0.658. The highest BCUT2D eigenvalue weighted by Gasteiger charge is 2.22. The van der Waals surface area contributed by atoms with Crippen molar-refractivity contribution in [2.45, 2.75) is 38.3 Å². The van der Waals surface area contributed by atoms with E-state index in [9.17, 15) is 4.79 Å². The van der Waals surface area contributed by atoms with E-state index >= 15 is 0 Å². The summed E-state index contributed by atoms with van der Waals surface area (Å²) in [4.78, 5) is 14.1. The molecule has 1 saturated heterocycles. The van der Waals surface area contributed by atoms with E-state index in [1.165, 1.54) is 18.4 Å². The van der Waals surface area contributed by atoms with E-state index in [0.29, 0.717) is 32.2 Å². The lowest BCUT2D eigenvalue weighted by Crippen LogP contribution is -2.46. The first kappa shape index (κ1) is 21.5. The lowest BCUT2D eigenvalue weighted by molar-refractivity contribution is -0.121. The monoisotopic (exact) mass is 367 g/mol. The number of carbonyl (C=O) groups is 1. The van der Waals surface area contributed by atoms with Crippen LogP contribution in [0.3, 0.4) is 0 Å². The molecule has 1 amide bonds. The molecule has 0 saturated carbocycles. The van der Waals surface area contributed by atoms with Crippen molar-refractivity contribution >= 4 is 18.3 Å². The van der Waals surface area contributed by atoms with Crippen LogP contribution in [0.25, 0.3) is 0 Å². The van der Waals surface area contributed by atoms with Crippen LogP contribution in [0.4, 0.5) is 0 Å². The topological polar surface area (TPSA) is 67.6 Å². The first-order chi connectivity index (χ1) is 11.7. The van der Waals surface area contributed by atoms with E-state index in [0.717, 1.165) is 25.3 Å². The van der Waals surface area contributed by atoms with Crippen molar-refractivity contribution in [2.75, 3.05) is 26.2 Å². The Morgan fingerprint density at radius 3 is 3.04 bits per heavy atom. The zero-order valence-corrected chi connectivity index (χ0v) is 15.6. The molecule has 1 atom stereocenters. The number of rotatable bonds is 9. The van der Waals surface area contributed by atoms with Gasteiger partial charge in [0.15, 0.2) is 0 Å². The van der Waals surface area contributed by atoms with E-state index in [-0.39, 0.29) is 18.3 Å². The fourth-order valence-electron chi connectivity index (χ4n) is 3.07. The number of piperidine rings is 1. The molecule has 6 heteroatoms. The molecule has 0 aromatic heterocycles. The second-order valence-corrected chi connectivity index (χ2v) is 6.21. The van der Waals surface area contributed by atoms with Gasteiger partial charge in [-0.25, -0.2) is 0 Å². The lowest BCUT2D eigenvalue weighted by atomic mass is 10.0. The lowest BCUT2D eigenvalue weighted by Gasteiger charge is -2.36. The molecule has 3 N–H and O–H groups in total. The van der Waals surface area contributed by atoms with Crippen LogP contribution in [0.5, 0.6) is 5.75 Å². The number of nitrogens with two attached hydrogens (primary N) is 1. The molecule has 0 aliphatic carbocycles. The third-order valence-corrected chi connectivity index (χ3v) is 4.31. The van der Waals surface area contributed by atoms with Gasteiger partial charge in [-0.2, -0.15) is 0 Å². The Kier molecular flexibility index (Phi) is 10.2. The van der Waals surface area contributed by atoms with Crippen molar-refractivity contribution in [3.05, 3.63) is 42.5 Å². The minimum Gasteiger partial charge on any atom is -0.490 e. The molecule has 0 radical (unpaired) electrons. The molecule has 1 unspecified atom stereocenters. The summed E-state index contributed by atoms with van der Waals surface area (Å²) in [6, 6.07) is 8.59. The number of amides is 1. The van der Waals surface area contributed by atoms with Crippen LogP contribution in [0.15, 0.2) is 36.9 Å². The third kappa shape index (κ3) is 7.46. The first-order valence-corrected chi connectivity index (χ1v) is 8.76. The van der Waals surface area contributed by atoms with Gasteiger partial charge in [0.05, 0.1) is 0 Å². The molecule has 140 valence electrons. The average molecular weight is 368 g/mol. The second kappa shape index (κ2) is 11.9. The maximum Gasteiger partial charge on any atom is 0.221 e. The Morgan fingerprint density at radius 1 is 1.44 bits per heavy atom. The van der Waals surface area contributed by atoms with Crippen LogP contribution in [0.2, 0.25) is 0 Å². The molecule has 1 aromatic rings. The standard InChI is InChI=1S/C19H29N3O2.ClH/c1-2-12-24-18-8-5-6-16(13-18)15-22-11-4-3-7-17(22)14-21-19(23)9-10-20;/h2,5-6,8,13,17H,1,3-4,7,9-12,14-15,20H2,(H,21,23);1H. The summed E-state index contributed by atoms with van der Waals surface area (Å²) < 4.78 is 5.61. The highest BCUT2D eigenvalue weighted by atomic mass is 35.5. The Hall–Kier alpha value is -1.56. The number of benzene rings is 1. The summed E-state index contributed by atoms with van der Waals surface area (Å²) in [6.45, 7) is 7.23. The Morgan fingerprint density at radius 2 is 2.28 bits per heavy atom. The molecular formula is C19H30ClN3O2. The normalized spacial score (nSPS) is 17.4. The fourth-order valence-corrected chi connectivity index (χ4v) is 3.07. The SMILES string of the molecule is C=CCOc1cccc(CN2CCCCC2CNC(=O)CCN)c1.Cl. The van der Waals surface area contributed by atoms with Gasteiger partial charge in [-0.3, -0.25) is 9.69 Å². The zero-order valence-electron chi connectivity index (χ0n) is 14.8. The average Bonchev–Trinajstić information content (AvgIpc) is 2.60. The highest BCUT2D eigenvalue weighted by molar-refractivity contribution is 5.85. The molecule has 0 bridgehead atoms. The number of nitrogens with zero attached hydrogens (tertiary/aromatic N) is 1. The van der Waals surface area contributed by atoms with Gasteiger partial charge in [0.2, 0.25) is 5.91 Å². The molecule has 5 nitrogen and oxygen atoms in total. The smallest absolute Gasteiger partial charge is 0.221 e. The van der Waals surface area contributed by atoms with E-state index in [1.807, 2.05) is 12.1 Å². The van der Waals surface area contributed by atoms with E-state index in [2.05, 4.69) is 28.9 Å². The van der Waals surface area contributed by atoms with Crippen LogP contribution in [-0.2, 0) is 11.3 Å². The first-order valence-electron chi connectivity index (χ1n) is 8.76. The molecule has 1 aliphatic heterocycles. The maximum absolute atomic E-state index is 11.7. The Balaban J connectivity index is 0.00000312. The van der Waals surface area contributed by atoms with Gasteiger partial charge in [-0.05, 0) is 37.1 Å². The fraction of sp³-hybridized carbons (Fsp3) is 0.526. The summed E-state index contributed by atoms with van der Waals surface area (Å²) in [7, 11) is 0. The molecule has 1 heterocycles. The van der Waals surface area contributed by atoms with Crippen LogP contribution in [0.1, 0.15) is 31.2 Å². The van der Waals surface area contributed by atoms with Crippen LogP contribution in [0, 0.1) is 0 Å². The van der Waals surface area contributed by atoms with Crippen molar-refractivity contribution in [1.29, 1.82) is 0 Å². The summed E-state index contributed by atoms with van der Waals surface area (Å²) in [5.41, 5.74) is 6.66. The molecule has 25 heavy (non-hydrogen) atoms. The van der Waals surface area contributed by atoms with Crippen molar-refractivity contribution in [3.63, 3.8) is 0 Å². The van der Waals surface area contributed by atoms with Crippen LogP contribution in [-0.4, -0.2) is 43.1 Å². The summed E-state index contributed by atoms with van der Waals surface area (Å²) in [6.07, 6.45) is 5.69. The number of likely N-dealkylation sites (tertiary alicyclic amines) is 1. The molecule has 1 aliphatic rings. The second-order valence-electron chi connectivity index (χ2n) is 6.21. The van der Waals surface area contributed by atoms with Gasteiger partial charge in [0, 0.05) is 32.1 Å². The van der Waals surface area contributed by atoms with Crippen molar-refractivity contribution in [2.24, 2.45) is 5.73 Å². The largest absolute Gasteiger partial charge is 0.490 e. The number of halogens is 1. The number of carbonyl (C=O) groups excluding carboxylic acids is 1. The third-order valence-electron chi connectivity index (χ3n) is 4.31. The van der Waals surface area contributed by atoms with Gasteiger partial charge in [-0.1, -0.05) is 31.2 Å². The van der Waals surface area contributed by atoms with Crippen LogP contribution >= 0.6 is 12.4 Å². The minimum atomic E-state index is 0. The molecular weight excluding hydrogens is 338 g/mol. The van der Waals surface area contributed by atoms with Crippen molar-refractivity contribution < 1.29 is 9.53 Å². The van der Waals surface area contributed by atoms with E-state index in [1.54, 1.807) is 6.08 Å². The van der Waals surface area contributed by atoms with Gasteiger partial charge in [0.25, 0.3) is 0 Å². The van der Waals surface area contributed by atoms with E-state index < -0.39 is 0 Å². The highest BCUT2D eigenvalue weighted by Crippen LogP contribution is 2.21. The molecule has 2 rings (SSSR count). The molecule has 1 aromatic carbocycles. The number of hydrogen-bond donors (Lipinski definition) is 2. The molecule has 0 spiro atoms. The summed E-state index contributed by atoms with van der Waals surface area (Å²) in [5, 5.41) is 3.01. The number of hydrogen-bond acceptors (Lipinski definition) is 4. The van der Waals surface area contributed by atoms with Gasteiger partial charge >= 0.3 is 0 Å². The predicted octanol–water partition coefficient (Wildman–Crippen LogP) is 2.49. The van der Waals surface area contributed by atoms with E-state index in [4.69, 9.17) is 10.5 Å². The Labute approximate surface area is 157 Å². The number of nitrogens with one attached hydrogen (secondary N) is 1. The summed E-state index contributed by atoms with van der Waals surface area (Å²) in [5.74, 6) is 0.917. The zero-order chi connectivity index (χ0) is 17.2. The van der Waals surface area contributed by atoms with Crippen molar-refractivity contribution in [3.8, 4) is 5.75 Å². The van der Waals surface area contributed by atoms with Crippen LogP contribution < -0.4 is 15.8 Å². The Bertz CT molecular complexity index is 539. The van der Waals surface area contributed by atoms with Crippen molar-refractivity contribution in [1.82, 2.24) is 10.2 Å². The van der Waals surface area contributed by atoms with Gasteiger partial charge in [-0.15, -0.1) is 12.4 Å². The molecule has 1 fully saturated rings. The maximum atomic E-state index is 11.7. The minimum absolute atomic E-state index is 0. The van der Waals surface area contributed by atoms with Gasteiger partial charge < -0.3 is 15.8 Å². The predicted molar refractivity (Wildman–Crippen MR) is 104 cm³/mol. The summed E-state index contributed by atoms with van der Waals surface area (Å²) >= 11 is 0. The number of ether oxygens (including phenoxy) is 1. The van der Waals surface area contributed by atoms with Gasteiger partial charge in [0.1, 0.15) is 12.4 Å².